The van der Waals surface area contributed by atoms with Gasteiger partial charge in [-0.05, 0) is 44.6 Å². The molecule has 1 fully saturated rings. The van der Waals surface area contributed by atoms with Crippen LogP contribution in [0.1, 0.15) is 50.7 Å². The van der Waals surface area contributed by atoms with Gasteiger partial charge < -0.3 is 15.5 Å². The van der Waals surface area contributed by atoms with Crippen molar-refractivity contribution >= 4 is 35.8 Å². The fraction of sp³-hybridized carbons (Fsp3) is 0.636. The number of likely N-dealkylation sites (tertiary alicyclic amines) is 1. The molecule has 6 heteroatoms. The number of piperidine rings is 1. The van der Waals surface area contributed by atoms with E-state index < -0.39 is 0 Å². The van der Waals surface area contributed by atoms with Gasteiger partial charge in [-0.3, -0.25) is 9.79 Å². The SMILES string of the molecule is CCC(CC)C(=O)N1CCC(NC(=NC)NCCc2ccc(C)cc2)CC1.I. The second-order valence-corrected chi connectivity index (χ2v) is 7.49. The Morgan fingerprint density at radius 3 is 2.32 bits per heavy atom. The highest BCUT2D eigenvalue weighted by Crippen LogP contribution is 2.17. The molecule has 158 valence electrons. The first-order valence-electron chi connectivity index (χ1n) is 10.4. The molecule has 0 unspecified atom stereocenters. The molecular formula is C22H37IN4O. The minimum absolute atomic E-state index is 0. The van der Waals surface area contributed by atoms with E-state index in [2.05, 4.69) is 60.7 Å². The van der Waals surface area contributed by atoms with Gasteiger partial charge in [0.1, 0.15) is 0 Å². The molecule has 0 spiro atoms. The van der Waals surface area contributed by atoms with Crippen LogP contribution >= 0.6 is 24.0 Å². The Morgan fingerprint density at radius 2 is 1.79 bits per heavy atom. The zero-order valence-corrected chi connectivity index (χ0v) is 20.2. The number of halogens is 1. The summed E-state index contributed by atoms with van der Waals surface area (Å²) in [7, 11) is 1.81. The summed E-state index contributed by atoms with van der Waals surface area (Å²) in [4.78, 5) is 18.9. The van der Waals surface area contributed by atoms with Gasteiger partial charge in [0, 0.05) is 38.6 Å². The third-order valence-corrected chi connectivity index (χ3v) is 5.53. The van der Waals surface area contributed by atoms with Crippen LogP contribution in [0.15, 0.2) is 29.3 Å². The van der Waals surface area contributed by atoms with Crippen LogP contribution in [-0.2, 0) is 11.2 Å². The Labute approximate surface area is 187 Å². The molecule has 5 nitrogen and oxygen atoms in total. The quantitative estimate of drug-likeness (QED) is 0.341. The zero-order chi connectivity index (χ0) is 19.6. The summed E-state index contributed by atoms with van der Waals surface area (Å²) in [5.41, 5.74) is 2.62. The van der Waals surface area contributed by atoms with E-state index in [9.17, 15) is 4.79 Å². The predicted molar refractivity (Wildman–Crippen MR) is 128 cm³/mol. The molecule has 1 aromatic rings. The molecule has 1 aliphatic heterocycles. The van der Waals surface area contributed by atoms with Gasteiger partial charge in [0.25, 0.3) is 0 Å². The van der Waals surface area contributed by atoms with Crippen molar-refractivity contribution in [1.82, 2.24) is 15.5 Å². The van der Waals surface area contributed by atoms with Crippen molar-refractivity contribution in [3.63, 3.8) is 0 Å². The number of carbonyl (C=O) groups excluding carboxylic acids is 1. The molecule has 1 saturated heterocycles. The summed E-state index contributed by atoms with van der Waals surface area (Å²) in [6.45, 7) is 8.85. The van der Waals surface area contributed by atoms with Gasteiger partial charge in [-0.1, -0.05) is 43.7 Å². The van der Waals surface area contributed by atoms with Gasteiger partial charge in [0.05, 0.1) is 0 Å². The Balaban J connectivity index is 0.00000392. The first-order valence-corrected chi connectivity index (χ1v) is 10.4. The molecule has 1 aliphatic rings. The molecule has 1 heterocycles. The Morgan fingerprint density at radius 1 is 1.18 bits per heavy atom. The summed E-state index contributed by atoms with van der Waals surface area (Å²) in [5, 5.41) is 6.93. The average Bonchev–Trinajstić information content (AvgIpc) is 2.70. The van der Waals surface area contributed by atoms with Gasteiger partial charge in [-0.15, -0.1) is 24.0 Å². The number of nitrogens with zero attached hydrogens (tertiary/aromatic N) is 2. The molecule has 2 N–H and O–H groups in total. The van der Waals surface area contributed by atoms with Crippen LogP contribution in [0, 0.1) is 12.8 Å². The second-order valence-electron chi connectivity index (χ2n) is 7.49. The number of hydrogen-bond donors (Lipinski definition) is 2. The fourth-order valence-electron chi connectivity index (χ4n) is 3.61. The van der Waals surface area contributed by atoms with Crippen LogP contribution in [0.2, 0.25) is 0 Å². The second kappa shape index (κ2) is 13.0. The van der Waals surface area contributed by atoms with Crippen molar-refractivity contribution in [3.05, 3.63) is 35.4 Å². The standard InChI is InChI=1S/C22H36N4O.HI/c1-5-19(6-2)21(27)26-15-12-20(13-16-26)25-22(23-4)24-14-11-18-9-7-17(3)8-10-18;/h7-10,19-20H,5-6,11-16H2,1-4H3,(H2,23,24,25);1H. The first-order chi connectivity index (χ1) is 13.1. The molecule has 0 bridgehead atoms. The molecule has 0 aliphatic carbocycles. The maximum Gasteiger partial charge on any atom is 0.225 e. The average molecular weight is 500 g/mol. The summed E-state index contributed by atoms with van der Waals surface area (Å²) < 4.78 is 0. The number of carbonyl (C=O) groups is 1. The third kappa shape index (κ3) is 7.60. The molecule has 1 aromatic carbocycles. The molecule has 0 saturated carbocycles. The number of rotatable bonds is 7. The lowest BCUT2D eigenvalue weighted by molar-refractivity contribution is -0.136. The van der Waals surface area contributed by atoms with E-state index in [-0.39, 0.29) is 29.9 Å². The first kappa shape index (κ1) is 24.7. The third-order valence-electron chi connectivity index (χ3n) is 5.53. The lowest BCUT2D eigenvalue weighted by Gasteiger charge is -2.34. The van der Waals surface area contributed by atoms with Gasteiger partial charge in [0.2, 0.25) is 5.91 Å². The summed E-state index contributed by atoms with van der Waals surface area (Å²) in [5.74, 6) is 1.37. The highest BCUT2D eigenvalue weighted by molar-refractivity contribution is 14.0. The van der Waals surface area contributed by atoms with Gasteiger partial charge >= 0.3 is 0 Å². The van der Waals surface area contributed by atoms with Crippen molar-refractivity contribution < 1.29 is 4.79 Å². The van der Waals surface area contributed by atoms with Crippen LogP contribution in [0.25, 0.3) is 0 Å². The number of aryl methyl sites for hydroxylation is 1. The zero-order valence-electron chi connectivity index (χ0n) is 17.8. The van der Waals surface area contributed by atoms with Crippen LogP contribution in [0.3, 0.4) is 0 Å². The molecule has 1 amide bonds. The number of amides is 1. The number of aliphatic imine (C=N–C) groups is 1. The largest absolute Gasteiger partial charge is 0.356 e. The normalized spacial score (nSPS) is 15.3. The number of hydrogen-bond acceptors (Lipinski definition) is 2. The Kier molecular flexibility index (Phi) is 11.5. The minimum atomic E-state index is 0. The molecule has 2 rings (SSSR count). The van der Waals surface area contributed by atoms with E-state index in [1.54, 1.807) is 0 Å². The maximum atomic E-state index is 12.5. The van der Waals surface area contributed by atoms with Crippen LogP contribution in [-0.4, -0.2) is 49.5 Å². The minimum Gasteiger partial charge on any atom is -0.356 e. The van der Waals surface area contributed by atoms with E-state index in [0.29, 0.717) is 11.9 Å². The van der Waals surface area contributed by atoms with Gasteiger partial charge in [0.15, 0.2) is 5.96 Å². The summed E-state index contributed by atoms with van der Waals surface area (Å²) in [6.07, 6.45) is 4.80. The van der Waals surface area contributed by atoms with E-state index in [0.717, 1.165) is 57.7 Å². The van der Waals surface area contributed by atoms with Gasteiger partial charge in [-0.25, -0.2) is 0 Å². The van der Waals surface area contributed by atoms with Crippen molar-refractivity contribution in [2.24, 2.45) is 10.9 Å². The smallest absolute Gasteiger partial charge is 0.225 e. The lowest BCUT2D eigenvalue weighted by Crippen LogP contribution is -2.50. The maximum absolute atomic E-state index is 12.5. The van der Waals surface area contributed by atoms with Crippen LogP contribution in [0.5, 0.6) is 0 Å². The lowest BCUT2D eigenvalue weighted by atomic mass is 9.98. The van der Waals surface area contributed by atoms with Gasteiger partial charge in [-0.2, -0.15) is 0 Å². The van der Waals surface area contributed by atoms with Crippen molar-refractivity contribution in [2.75, 3.05) is 26.7 Å². The molecule has 0 aromatic heterocycles. The number of guanidine groups is 1. The highest BCUT2D eigenvalue weighted by Gasteiger charge is 2.26. The molecule has 28 heavy (non-hydrogen) atoms. The van der Waals surface area contributed by atoms with Crippen molar-refractivity contribution in [1.29, 1.82) is 0 Å². The van der Waals surface area contributed by atoms with E-state index >= 15 is 0 Å². The number of nitrogens with one attached hydrogen (secondary N) is 2. The molecule has 0 atom stereocenters. The van der Waals surface area contributed by atoms with E-state index in [1.807, 2.05) is 11.9 Å². The molecular weight excluding hydrogens is 463 g/mol. The van der Waals surface area contributed by atoms with Crippen LogP contribution < -0.4 is 10.6 Å². The Hall–Kier alpha value is -1.31. The number of benzene rings is 1. The van der Waals surface area contributed by atoms with Crippen molar-refractivity contribution in [3.8, 4) is 0 Å². The van der Waals surface area contributed by atoms with Crippen LogP contribution in [0.4, 0.5) is 0 Å². The van der Waals surface area contributed by atoms with E-state index in [1.165, 1.54) is 11.1 Å². The molecule has 0 radical (unpaired) electrons. The monoisotopic (exact) mass is 500 g/mol. The fourth-order valence-corrected chi connectivity index (χ4v) is 3.61. The summed E-state index contributed by atoms with van der Waals surface area (Å²) >= 11 is 0. The van der Waals surface area contributed by atoms with E-state index in [4.69, 9.17) is 0 Å². The highest BCUT2D eigenvalue weighted by atomic mass is 127. The summed E-state index contributed by atoms with van der Waals surface area (Å²) in [6, 6.07) is 9.04. The van der Waals surface area contributed by atoms with Crippen molar-refractivity contribution in [2.45, 2.75) is 58.9 Å². The predicted octanol–water partition coefficient (Wildman–Crippen LogP) is 3.75. The topological polar surface area (TPSA) is 56.7 Å². The Bertz CT molecular complexity index is 605.